The number of hydrogen-bond donors (Lipinski definition) is 3. The van der Waals surface area contributed by atoms with Gasteiger partial charge in [0.1, 0.15) is 0 Å². The Labute approximate surface area is 168 Å². The minimum atomic E-state index is -0.814. The summed E-state index contributed by atoms with van der Waals surface area (Å²) in [5.41, 5.74) is -0.551. The lowest BCUT2D eigenvalue weighted by atomic mass is 9.94. The number of aromatic nitrogens is 2. The van der Waals surface area contributed by atoms with Gasteiger partial charge in [0, 0.05) is 13.0 Å². The summed E-state index contributed by atoms with van der Waals surface area (Å²) in [5.74, 6) is -0.277. The highest BCUT2D eigenvalue weighted by Crippen LogP contribution is 2.22. The summed E-state index contributed by atoms with van der Waals surface area (Å²) >= 11 is 0. The first kappa shape index (κ1) is 24.3. The molecule has 1 atom stereocenters. The number of aromatic amines is 1. The first-order chi connectivity index (χ1) is 13.3. The van der Waals surface area contributed by atoms with Crippen LogP contribution in [0.25, 0.3) is 0 Å². The second-order valence-electron chi connectivity index (χ2n) is 7.93. The number of aromatic hydroxyl groups is 1. The summed E-state index contributed by atoms with van der Waals surface area (Å²) in [7, 11) is 1.39. The molecule has 7 heteroatoms. The van der Waals surface area contributed by atoms with Gasteiger partial charge in [0.05, 0.1) is 18.4 Å². The van der Waals surface area contributed by atoms with Crippen LogP contribution in [0.4, 0.5) is 0 Å². The number of aliphatic hydroxyl groups is 1. The number of methoxy groups -OCH3 is 1. The van der Waals surface area contributed by atoms with E-state index in [9.17, 15) is 19.8 Å². The molecule has 28 heavy (non-hydrogen) atoms. The minimum absolute atomic E-state index is 0.0813. The number of hydrogen-bond acceptors (Lipinski definition) is 5. The number of imidazole rings is 1. The van der Waals surface area contributed by atoms with Gasteiger partial charge in [-0.25, -0.2) is 4.79 Å². The van der Waals surface area contributed by atoms with Crippen molar-refractivity contribution in [1.82, 2.24) is 9.55 Å². The summed E-state index contributed by atoms with van der Waals surface area (Å²) in [6.07, 6.45) is 10.0. The van der Waals surface area contributed by atoms with Gasteiger partial charge in [-0.15, -0.1) is 0 Å². The Morgan fingerprint density at radius 2 is 1.79 bits per heavy atom. The highest BCUT2D eigenvalue weighted by Gasteiger charge is 2.22. The van der Waals surface area contributed by atoms with Crippen LogP contribution in [0.5, 0.6) is 5.88 Å². The van der Waals surface area contributed by atoms with Crippen molar-refractivity contribution >= 4 is 5.97 Å². The van der Waals surface area contributed by atoms with Crippen LogP contribution < -0.4 is 5.69 Å². The molecule has 1 rings (SSSR count). The van der Waals surface area contributed by atoms with E-state index in [-0.39, 0.29) is 17.5 Å². The number of rotatable bonds is 15. The van der Waals surface area contributed by atoms with Crippen molar-refractivity contribution < 1.29 is 19.7 Å². The highest BCUT2D eigenvalue weighted by molar-refractivity contribution is 5.68. The first-order valence-electron chi connectivity index (χ1n) is 10.6. The summed E-state index contributed by atoms with van der Waals surface area (Å²) < 4.78 is 6.16. The van der Waals surface area contributed by atoms with Gasteiger partial charge >= 0.3 is 11.7 Å². The van der Waals surface area contributed by atoms with E-state index in [2.05, 4.69) is 16.6 Å². The van der Waals surface area contributed by atoms with Crippen molar-refractivity contribution in [2.24, 2.45) is 0 Å². The molecule has 1 heterocycles. The van der Waals surface area contributed by atoms with Gasteiger partial charge in [0.2, 0.25) is 5.88 Å². The molecular formula is C21H38N2O5. The fourth-order valence-electron chi connectivity index (χ4n) is 3.41. The zero-order valence-corrected chi connectivity index (χ0v) is 17.8. The molecule has 0 amide bonds. The summed E-state index contributed by atoms with van der Waals surface area (Å²) in [6, 6.07) is 0. The van der Waals surface area contributed by atoms with Gasteiger partial charge in [-0.2, -0.15) is 0 Å². The third-order valence-electron chi connectivity index (χ3n) is 5.28. The van der Waals surface area contributed by atoms with Gasteiger partial charge in [-0.1, -0.05) is 45.4 Å². The van der Waals surface area contributed by atoms with Gasteiger partial charge < -0.3 is 14.9 Å². The highest BCUT2D eigenvalue weighted by atomic mass is 16.5. The van der Waals surface area contributed by atoms with Crippen LogP contribution in [-0.4, -0.2) is 38.4 Å². The van der Waals surface area contributed by atoms with E-state index >= 15 is 0 Å². The van der Waals surface area contributed by atoms with Crippen LogP contribution in [0.2, 0.25) is 0 Å². The zero-order valence-electron chi connectivity index (χ0n) is 17.8. The number of carbonyl (C=O) groups is 1. The fourth-order valence-corrected chi connectivity index (χ4v) is 3.41. The molecule has 0 aliphatic rings. The molecule has 1 aromatic heterocycles. The van der Waals surface area contributed by atoms with Crippen LogP contribution in [0.1, 0.15) is 90.2 Å². The number of carbonyl (C=O) groups excluding carboxylic acids is 1. The molecule has 162 valence electrons. The molecule has 0 bridgehead atoms. The smallest absolute Gasteiger partial charge is 0.328 e. The van der Waals surface area contributed by atoms with Crippen molar-refractivity contribution in [1.29, 1.82) is 0 Å². The number of nitrogens with zero attached hydrogens (tertiary/aromatic N) is 1. The summed E-state index contributed by atoms with van der Waals surface area (Å²) in [4.78, 5) is 25.7. The Hall–Kier alpha value is -1.76. The Morgan fingerprint density at radius 3 is 2.46 bits per heavy atom. The second kappa shape index (κ2) is 12.6. The Kier molecular flexibility index (Phi) is 11.0. The third-order valence-corrected chi connectivity index (χ3v) is 5.28. The average Bonchev–Trinajstić information content (AvgIpc) is 2.92. The minimum Gasteiger partial charge on any atom is -0.493 e. The van der Waals surface area contributed by atoms with E-state index in [0.29, 0.717) is 37.9 Å². The normalized spacial score (nSPS) is 13.4. The molecular weight excluding hydrogens is 360 g/mol. The van der Waals surface area contributed by atoms with Crippen LogP contribution in [0, 0.1) is 0 Å². The van der Waals surface area contributed by atoms with Gasteiger partial charge in [0.25, 0.3) is 0 Å². The maximum atomic E-state index is 12.1. The fraction of sp³-hybridized carbons (Fsp3) is 0.810. The van der Waals surface area contributed by atoms with E-state index in [4.69, 9.17) is 0 Å². The Bertz CT molecular complexity index is 633. The predicted molar refractivity (Wildman–Crippen MR) is 110 cm³/mol. The number of unbranched alkanes of at least 4 members (excludes halogenated alkanes) is 6. The Morgan fingerprint density at radius 1 is 1.11 bits per heavy atom. The molecule has 0 aliphatic heterocycles. The van der Waals surface area contributed by atoms with E-state index in [1.165, 1.54) is 13.5 Å². The van der Waals surface area contributed by atoms with E-state index in [1.807, 2.05) is 6.92 Å². The molecule has 1 aromatic rings. The van der Waals surface area contributed by atoms with Crippen molar-refractivity contribution in [3.05, 3.63) is 16.2 Å². The van der Waals surface area contributed by atoms with E-state index in [0.717, 1.165) is 44.9 Å². The molecule has 0 radical (unpaired) electrons. The average molecular weight is 399 g/mol. The van der Waals surface area contributed by atoms with Crippen molar-refractivity contribution in [3.63, 3.8) is 0 Å². The van der Waals surface area contributed by atoms with Crippen molar-refractivity contribution in [3.8, 4) is 5.88 Å². The van der Waals surface area contributed by atoms with E-state index < -0.39 is 5.60 Å². The summed E-state index contributed by atoms with van der Waals surface area (Å²) in [6.45, 7) is 4.36. The summed E-state index contributed by atoms with van der Waals surface area (Å²) in [5, 5.41) is 20.6. The largest absolute Gasteiger partial charge is 0.493 e. The monoisotopic (exact) mass is 398 g/mol. The number of nitrogens with one attached hydrogen (secondary N) is 1. The maximum Gasteiger partial charge on any atom is 0.328 e. The maximum absolute atomic E-state index is 12.1. The van der Waals surface area contributed by atoms with Crippen molar-refractivity contribution in [2.75, 3.05) is 7.11 Å². The molecule has 0 aliphatic carbocycles. The zero-order chi connectivity index (χ0) is 21.0. The molecule has 0 aromatic carbocycles. The number of H-pyrrole nitrogens is 1. The second-order valence-corrected chi connectivity index (χ2v) is 7.93. The topological polar surface area (TPSA) is 105 Å². The van der Waals surface area contributed by atoms with Crippen LogP contribution in [0.15, 0.2) is 4.79 Å². The van der Waals surface area contributed by atoms with Gasteiger partial charge in [-0.3, -0.25) is 14.3 Å². The Balaban J connectivity index is 2.48. The molecule has 7 nitrogen and oxygen atoms in total. The van der Waals surface area contributed by atoms with Crippen LogP contribution >= 0.6 is 0 Å². The standard InChI is InChI=1S/C21H38N2O5/c1-4-5-6-11-14-21(2,27)15-16-23-17(19(25)22-20(23)26)12-9-7-8-10-13-18(24)28-3/h25,27H,4-16H2,1-3H3,(H,22,26). The molecule has 0 spiro atoms. The molecule has 3 N–H and O–H groups in total. The van der Waals surface area contributed by atoms with Crippen LogP contribution in [-0.2, 0) is 22.5 Å². The molecule has 0 fully saturated rings. The van der Waals surface area contributed by atoms with Crippen molar-refractivity contribution in [2.45, 2.75) is 103 Å². The lowest BCUT2D eigenvalue weighted by Crippen LogP contribution is -2.29. The lowest BCUT2D eigenvalue weighted by molar-refractivity contribution is -0.140. The van der Waals surface area contributed by atoms with E-state index in [1.54, 1.807) is 4.57 Å². The number of esters is 1. The van der Waals surface area contributed by atoms with Gasteiger partial charge in [-0.05, 0) is 39.0 Å². The van der Waals surface area contributed by atoms with Crippen LogP contribution in [0.3, 0.4) is 0 Å². The first-order valence-corrected chi connectivity index (χ1v) is 10.6. The lowest BCUT2D eigenvalue weighted by Gasteiger charge is -2.23. The molecule has 1 unspecified atom stereocenters. The number of ether oxygens (including phenoxy) is 1. The quantitative estimate of drug-likeness (QED) is 0.309. The molecule has 0 saturated carbocycles. The van der Waals surface area contributed by atoms with Gasteiger partial charge in [0.15, 0.2) is 0 Å². The SMILES string of the molecule is CCCCCCC(C)(O)CCn1c(CCCCCCC(=O)OC)c(O)[nH]c1=O. The predicted octanol–water partition coefficient (Wildman–Crippen LogP) is 3.66. The third kappa shape index (κ3) is 8.95. The molecule has 0 saturated heterocycles.